The highest BCUT2D eigenvalue weighted by atomic mass is 19.3. The largest absolute Gasteiger partial charge is 0.292 e. The fourth-order valence-corrected chi connectivity index (χ4v) is 1.52. The summed E-state index contributed by atoms with van der Waals surface area (Å²) in [7, 11) is 0. The molecule has 4 heteroatoms. The number of likely N-dealkylation sites (tertiary alicyclic amines) is 1. The normalized spacial score (nSPS) is 26.7. The number of halogens is 3. The second kappa shape index (κ2) is 3.95. The summed E-state index contributed by atoms with van der Waals surface area (Å²) in [6, 6.07) is -0.689. The first-order chi connectivity index (χ1) is 5.25. The number of rotatable bonds is 3. The fourth-order valence-electron chi connectivity index (χ4n) is 1.52. The average molecular weight is 167 g/mol. The molecule has 1 saturated heterocycles. The van der Waals surface area contributed by atoms with Crippen molar-refractivity contribution in [2.75, 3.05) is 19.8 Å². The van der Waals surface area contributed by atoms with Crippen LogP contribution in [0, 0.1) is 0 Å². The summed E-state index contributed by atoms with van der Waals surface area (Å²) in [5, 5.41) is 0. The molecule has 1 aliphatic rings. The van der Waals surface area contributed by atoms with Gasteiger partial charge in [0.2, 0.25) is 0 Å². The first-order valence-electron chi connectivity index (χ1n) is 3.84. The summed E-state index contributed by atoms with van der Waals surface area (Å²) in [6.45, 7) is 0.261. The van der Waals surface area contributed by atoms with Gasteiger partial charge < -0.3 is 0 Å². The monoisotopic (exact) mass is 167 g/mol. The van der Waals surface area contributed by atoms with E-state index in [-0.39, 0.29) is 6.54 Å². The SMILES string of the molecule is FCCN1CCC[C@@H]1C(F)F. The summed E-state index contributed by atoms with van der Waals surface area (Å²) in [5.41, 5.74) is 0. The van der Waals surface area contributed by atoms with Crippen molar-refractivity contribution in [1.29, 1.82) is 0 Å². The maximum Gasteiger partial charge on any atom is 0.253 e. The predicted molar refractivity (Wildman–Crippen MR) is 36.6 cm³/mol. The molecule has 0 aromatic rings. The molecular weight excluding hydrogens is 155 g/mol. The Morgan fingerprint density at radius 1 is 1.45 bits per heavy atom. The van der Waals surface area contributed by atoms with Crippen LogP contribution in [0.15, 0.2) is 0 Å². The molecule has 0 radical (unpaired) electrons. The molecule has 1 fully saturated rings. The minimum atomic E-state index is -2.32. The zero-order valence-electron chi connectivity index (χ0n) is 6.27. The second-order valence-electron chi connectivity index (χ2n) is 2.77. The van der Waals surface area contributed by atoms with Gasteiger partial charge in [0.15, 0.2) is 0 Å². The third kappa shape index (κ3) is 2.09. The minimum Gasteiger partial charge on any atom is -0.292 e. The summed E-state index contributed by atoms with van der Waals surface area (Å²) >= 11 is 0. The van der Waals surface area contributed by atoms with E-state index in [1.165, 1.54) is 4.90 Å². The molecule has 0 spiro atoms. The minimum absolute atomic E-state index is 0.162. The Hall–Kier alpha value is -0.250. The van der Waals surface area contributed by atoms with Crippen LogP contribution in [0.4, 0.5) is 13.2 Å². The molecule has 0 aromatic heterocycles. The molecule has 66 valence electrons. The van der Waals surface area contributed by atoms with Gasteiger partial charge in [0.1, 0.15) is 6.67 Å². The number of nitrogens with zero attached hydrogens (tertiary/aromatic N) is 1. The van der Waals surface area contributed by atoms with Crippen LogP contribution >= 0.6 is 0 Å². The van der Waals surface area contributed by atoms with Crippen molar-refractivity contribution in [2.24, 2.45) is 0 Å². The van der Waals surface area contributed by atoms with E-state index in [0.29, 0.717) is 13.0 Å². The molecule has 1 aliphatic heterocycles. The van der Waals surface area contributed by atoms with Crippen LogP contribution in [-0.4, -0.2) is 37.1 Å². The van der Waals surface area contributed by atoms with Gasteiger partial charge in [-0.1, -0.05) is 0 Å². The Morgan fingerprint density at radius 2 is 2.18 bits per heavy atom. The zero-order chi connectivity index (χ0) is 8.27. The Morgan fingerprint density at radius 3 is 2.73 bits per heavy atom. The van der Waals surface area contributed by atoms with E-state index >= 15 is 0 Å². The topological polar surface area (TPSA) is 3.24 Å². The molecule has 1 heterocycles. The molecule has 0 aromatic carbocycles. The molecule has 1 atom stereocenters. The van der Waals surface area contributed by atoms with Crippen molar-refractivity contribution in [1.82, 2.24) is 4.90 Å². The van der Waals surface area contributed by atoms with E-state index in [1.54, 1.807) is 0 Å². The Labute approximate surface area is 64.2 Å². The molecule has 0 N–H and O–H groups in total. The lowest BCUT2D eigenvalue weighted by Gasteiger charge is -2.21. The highest BCUT2D eigenvalue weighted by Gasteiger charge is 2.31. The zero-order valence-corrected chi connectivity index (χ0v) is 6.27. The van der Waals surface area contributed by atoms with Crippen LogP contribution < -0.4 is 0 Å². The first-order valence-corrected chi connectivity index (χ1v) is 3.84. The molecule has 0 bridgehead atoms. The molecule has 1 nitrogen and oxygen atoms in total. The van der Waals surface area contributed by atoms with E-state index in [9.17, 15) is 13.2 Å². The highest BCUT2D eigenvalue weighted by molar-refractivity contribution is 4.80. The van der Waals surface area contributed by atoms with E-state index in [1.807, 2.05) is 0 Å². The van der Waals surface area contributed by atoms with Crippen molar-refractivity contribution < 1.29 is 13.2 Å². The third-order valence-electron chi connectivity index (χ3n) is 2.08. The summed E-state index contributed by atoms with van der Waals surface area (Å²) < 4.78 is 36.1. The van der Waals surface area contributed by atoms with Gasteiger partial charge in [-0.05, 0) is 19.4 Å². The fraction of sp³-hybridized carbons (Fsp3) is 1.00. The maximum atomic E-state index is 12.1. The van der Waals surface area contributed by atoms with Crippen molar-refractivity contribution in [3.8, 4) is 0 Å². The van der Waals surface area contributed by atoms with Crippen molar-refractivity contribution in [3.05, 3.63) is 0 Å². The molecule has 11 heavy (non-hydrogen) atoms. The van der Waals surface area contributed by atoms with Crippen LogP contribution in [0.5, 0.6) is 0 Å². The standard InChI is InChI=1S/C7H12F3N/c8-3-5-11-4-1-2-6(11)7(9)10/h6-7H,1-5H2/t6-/m1/s1. The van der Waals surface area contributed by atoms with Crippen molar-refractivity contribution in [3.63, 3.8) is 0 Å². The van der Waals surface area contributed by atoms with Gasteiger partial charge in [0.05, 0.1) is 6.04 Å². The summed E-state index contributed by atoms with van der Waals surface area (Å²) in [5.74, 6) is 0. The van der Waals surface area contributed by atoms with E-state index in [4.69, 9.17) is 0 Å². The lowest BCUT2D eigenvalue weighted by Crippen LogP contribution is -2.36. The van der Waals surface area contributed by atoms with Gasteiger partial charge >= 0.3 is 0 Å². The smallest absolute Gasteiger partial charge is 0.253 e. The van der Waals surface area contributed by atoms with Crippen molar-refractivity contribution in [2.45, 2.75) is 25.3 Å². The van der Waals surface area contributed by atoms with Crippen LogP contribution in [-0.2, 0) is 0 Å². The second-order valence-corrected chi connectivity index (χ2v) is 2.77. The van der Waals surface area contributed by atoms with Crippen molar-refractivity contribution >= 4 is 0 Å². The van der Waals surface area contributed by atoms with Crippen LogP contribution in [0.1, 0.15) is 12.8 Å². The molecule has 1 rings (SSSR count). The van der Waals surface area contributed by atoms with Gasteiger partial charge in [0, 0.05) is 6.54 Å². The van der Waals surface area contributed by atoms with Gasteiger partial charge in [-0.15, -0.1) is 0 Å². The van der Waals surface area contributed by atoms with Gasteiger partial charge in [-0.3, -0.25) is 4.90 Å². The molecule has 0 unspecified atom stereocenters. The Kier molecular flexibility index (Phi) is 3.17. The Bertz CT molecular complexity index is 118. The predicted octanol–water partition coefficient (Wildman–Crippen LogP) is 1.69. The van der Waals surface area contributed by atoms with Crippen LogP contribution in [0.25, 0.3) is 0 Å². The summed E-state index contributed by atoms with van der Waals surface area (Å²) in [6.07, 6.45) is -1.03. The van der Waals surface area contributed by atoms with E-state index in [0.717, 1.165) is 6.42 Å². The Balaban J connectivity index is 2.37. The number of hydrogen-bond acceptors (Lipinski definition) is 1. The number of alkyl halides is 3. The van der Waals surface area contributed by atoms with Gasteiger partial charge in [-0.2, -0.15) is 0 Å². The molecular formula is C7H12F3N. The number of hydrogen-bond donors (Lipinski definition) is 0. The van der Waals surface area contributed by atoms with Gasteiger partial charge in [-0.25, -0.2) is 13.2 Å². The third-order valence-corrected chi connectivity index (χ3v) is 2.08. The lowest BCUT2D eigenvalue weighted by atomic mass is 10.2. The summed E-state index contributed by atoms with van der Waals surface area (Å²) in [4.78, 5) is 1.53. The van der Waals surface area contributed by atoms with E-state index < -0.39 is 19.1 Å². The lowest BCUT2D eigenvalue weighted by molar-refractivity contribution is 0.0451. The quantitative estimate of drug-likeness (QED) is 0.618. The van der Waals surface area contributed by atoms with Gasteiger partial charge in [0.25, 0.3) is 6.43 Å². The molecule has 0 aliphatic carbocycles. The maximum absolute atomic E-state index is 12.1. The highest BCUT2D eigenvalue weighted by Crippen LogP contribution is 2.22. The van der Waals surface area contributed by atoms with Crippen LogP contribution in [0.3, 0.4) is 0 Å². The molecule has 0 amide bonds. The average Bonchev–Trinajstić information content (AvgIpc) is 2.36. The first kappa shape index (κ1) is 8.84. The van der Waals surface area contributed by atoms with Crippen LogP contribution in [0.2, 0.25) is 0 Å². The van der Waals surface area contributed by atoms with E-state index in [2.05, 4.69) is 0 Å². The molecule has 0 saturated carbocycles.